The predicted molar refractivity (Wildman–Crippen MR) is 243 cm³/mol. The molecule has 0 saturated carbocycles. The number of rotatable bonds is 44. The highest BCUT2D eigenvalue weighted by molar-refractivity contribution is 5.71. The normalized spacial score (nSPS) is 12.6. The number of carbonyl (C=O) groups excluding carboxylic acids is 3. The number of carbonyl (C=O) groups is 3. The van der Waals surface area contributed by atoms with Crippen LogP contribution in [0.2, 0.25) is 0 Å². The van der Waals surface area contributed by atoms with Crippen LogP contribution in [0.1, 0.15) is 273 Å². The lowest BCUT2D eigenvalue weighted by atomic mass is 10.00. The highest BCUT2D eigenvalue weighted by Gasteiger charge is 2.19. The van der Waals surface area contributed by atoms with Crippen LogP contribution in [-0.2, 0) is 28.6 Å². The number of unbranched alkanes of at least 4 members (excludes halogenated alkanes) is 26. The lowest BCUT2D eigenvalue weighted by Gasteiger charge is -2.18. The lowest BCUT2D eigenvalue weighted by molar-refractivity contribution is -0.167. The summed E-state index contributed by atoms with van der Waals surface area (Å²) in [5.74, 6) is 1.60. The largest absolute Gasteiger partial charge is 0.462 e. The monoisotopic (exact) mass is 807 g/mol. The quantitative estimate of drug-likeness (QED) is 0.0347. The smallest absolute Gasteiger partial charge is 0.306 e. The summed E-state index contributed by atoms with van der Waals surface area (Å²) in [4.78, 5) is 37.8. The maximum absolute atomic E-state index is 12.7. The van der Waals surface area contributed by atoms with Crippen LogP contribution in [0.4, 0.5) is 0 Å². The van der Waals surface area contributed by atoms with Crippen LogP contribution in [0.5, 0.6) is 0 Å². The summed E-state index contributed by atoms with van der Waals surface area (Å²) in [6.07, 6.45) is 40.9. The highest BCUT2D eigenvalue weighted by Crippen LogP contribution is 2.18. The van der Waals surface area contributed by atoms with Crippen LogP contribution in [0.15, 0.2) is 0 Å². The summed E-state index contributed by atoms with van der Waals surface area (Å²) in [6, 6.07) is 0. The fraction of sp³-hybridized carbons (Fsp3) is 0.941. The molecule has 0 radical (unpaired) electrons. The van der Waals surface area contributed by atoms with Gasteiger partial charge >= 0.3 is 17.9 Å². The molecule has 0 fully saturated rings. The van der Waals surface area contributed by atoms with Crippen molar-refractivity contribution in [1.29, 1.82) is 0 Å². The Hall–Kier alpha value is -1.59. The molecule has 57 heavy (non-hydrogen) atoms. The molecule has 0 spiro atoms. The van der Waals surface area contributed by atoms with Gasteiger partial charge in [0.25, 0.3) is 0 Å². The first-order chi connectivity index (χ1) is 27.6. The summed E-state index contributed by atoms with van der Waals surface area (Å²) in [5, 5.41) is 0. The Morgan fingerprint density at radius 3 is 0.912 bits per heavy atom. The maximum atomic E-state index is 12.7. The zero-order valence-corrected chi connectivity index (χ0v) is 39.1. The molecular formula is C51H98O6. The minimum atomic E-state index is -0.763. The molecule has 0 bridgehead atoms. The summed E-state index contributed by atoms with van der Waals surface area (Å²) >= 11 is 0. The van der Waals surface area contributed by atoms with Gasteiger partial charge in [0, 0.05) is 19.3 Å². The van der Waals surface area contributed by atoms with Crippen molar-refractivity contribution in [2.45, 2.75) is 279 Å². The molecule has 0 N–H and O–H groups in total. The van der Waals surface area contributed by atoms with Crippen LogP contribution in [0.3, 0.4) is 0 Å². The first-order valence-electron chi connectivity index (χ1n) is 25.1. The van der Waals surface area contributed by atoms with Crippen LogP contribution in [-0.4, -0.2) is 37.2 Å². The minimum Gasteiger partial charge on any atom is -0.462 e. The fourth-order valence-electron chi connectivity index (χ4n) is 7.55. The molecule has 338 valence electrons. The van der Waals surface area contributed by atoms with Gasteiger partial charge in [0.2, 0.25) is 0 Å². The predicted octanol–water partition coefficient (Wildman–Crippen LogP) is 16.0. The number of hydrogen-bond donors (Lipinski definition) is 0. The molecule has 0 aliphatic heterocycles. The van der Waals surface area contributed by atoms with Crippen molar-refractivity contribution in [2.24, 2.45) is 17.8 Å². The SMILES string of the molecule is CCC(C)CCCCCCCCC(=O)O[C@H](COC(=O)CCCCCCCCCCCCCCCCC(C)C)COC(=O)CCCCCCCCCCCC(C)C. The van der Waals surface area contributed by atoms with Crippen molar-refractivity contribution in [2.75, 3.05) is 13.2 Å². The van der Waals surface area contributed by atoms with E-state index < -0.39 is 6.10 Å². The Morgan fingerprint density at radius 2 is 0.614 bits per heavy atom. The molecule has 0 aromatic rings. The second-order valence-corrected chi connectivity index (χ2v) is 18.6. The second-order valence-electron chi connectivity index (χ2n) is 18.6. The number of esters is 3. The summed E-state index contributed by atoms with van der Waals surface area (Å²) in [7, 11) is 0. The third kappa shape index (κ3) is 43.8. The standard InChI is InChI=1S/C51H98O6/c1-7-47(6)39-33-27-23-24-30-36-42-51(54)57-48(44-56-50(53)41-35-29-22-18-14-16-20-26-32-38-46(4)5)43-55-49(52)40-34-28-21-17-13-11-9-8-10-12-15-19-25-31-37-45(2)3/h45-48H,7-44H2,1-6H3/t47?,48-/m1/s1. The van der Waals surface area contributed by atoms with Gasteiger partial charge in [-0.15, -0.1) is 0 Å². The van der Waals surface area contributed by atoms with E-state index in [1.165, 1.54) is 154 Å². The number of hydrogen-bond acceptors (Lipinski definition) is 6. The second kappa shape index (κ2) is 42.5. The Balaban J connectivity index is 4.28. The zero-order valence-electron chi connectivity index (χ0n) is 39.1. The Morgan fingerprint density at radius 1 is 0.351 bits per heavy atom. The van der Waals surface area contributed by atoms with Crippen LogP contribution >= 0.6 is 0 Å². The molecule has 6 heteroatoms. The minimum absolute atomic E-state index is 0.0658. The van der Waals surface area contributed by atoms with Gasteiger partial charge in [-0.25, -0.2) is 0 Å². The van der Waals surface area contributed by atoms with Gasteiger partial charge in [-0.2, -0.15) is 0 Å². The van der Waals surface area contributed by atoms with Gasteiger partial charge < -0.3 is 14.2 Å². The lowest BCUT2D eigenvalue weighted by Crippen LogP contribution is -2.30. The molecule has 0 aliphatic carbocycles. The van der Waals surface area contributed by atoms with Crippen molar-refractivity contribution < 1.29 is 28.6 Å². The van der Waals surface area contributed by atoms with E-state index in [9.17, 15) is 14.4 Å². The molecule has 0 aliphatic rings. The Bertz CT molecular complexity index is 885. The van der Waals surface area contributed by atoms with Crippen molar-refractivity contribution in [3.63, 3.8) is 0 Å². The molecule has 0 aromatic carbocycles. The maximum Gasteiger partial charge on any atom is 0.306 e. The molecule has 1 unspecified atom stereocenters. The third-order valence-electron chi connectivity index (χ3n) is 11.8. The highest BCUT2D eigenvalue weighted by atomic mass is 16.6. The van der Waals surface area contributed by atoms with E-state index in [4.69, 9.17) is 14.2 Å². The number of ether oxygens (including phenoxy) is 3. The van der Waals surface area contributed by atoms with E-state index in [0.717, 1.165) is 75.5 Å². The topological polar surface area (TPSA) is 78.9 Å². The van der Waals surface area contributed by atoms with Gasteiger partial charge in [-0.1, -0.05) is 234 Å². The van der Waals surface area contributed by atoms with Gasteiger partial charge in [-0.05, 0) is 37.0 Å². The van der Waals surface area contributed by atoms with E-state index >= 15 is 0 Å². The average molecular weight is 807 g/mol. The third-order valence-corrected chi connectivity index (χ3v) is 11.8. The van der Waals surface area contributed by atoms with Crippen LogP contribution < -0.4 is 0 Å². The average Bonchev–Trinajstić information content (AvgIpc) is 3.18. The molecule has 0 saturated heterocycles. The van der Waals surface area contributed by atoms with Crippen molar-refractivity contribution in [3.8, 4) is 0 Å². The van der Waals surface area contributed by atoms with Crippen molar-refractivity contribution >= 4 is 17.9 Å². The molecule has 0 rings (SSSR count). The molecule has 6 nitrogen and oxygen atoms in total. The van der Waals surface area contributed by atoms with E-state index in [1.807, 2.05) is 0 Å². The summed E-state index contributed by atoms with van der Waals surface area (Å²) in [5.41, 5.74) is 0. The van der Waals surface area contributed by atoms with E-state index in [-0.39, 0.29) is 31.1 Å². The van der Waals surface area contributed by atoms with Gasteiger partial charge in [0.1, 0.15) is 13.2 Å². The van der Waals surface area contributed by atoms with Crippen LogP contribution in [0, 0.1) is 17.8 Å². The Kier molecular flexibility index (Phi) is 41.3. The van der Waals surface area contributed by atoms with Crippen LogP contribution in [0.25, 0.3) is 0 Å². The molecule has 0 amide bonds. The molecule has 2 atom stereocenters. The van der Waals surface area contributed by atoms with E-state index in [1.54, 1.807) is 0 Å². The van der Waals surface area contributed by atoms with Crippen molar-refractivity contribution in [1.82, 2.24) is 0 Å². The van der Waals surface area contributed by atoms with Gasteiger partial charge in [0.15, 0.2) is 6.10 Å². The zero-order chi connectivity index (χ0) is 42.0. The fourth-order valence-corrected chi connectivity index (χ4v) is 7.55. The molecular weight excluding hydrogens is 709 g/mol. The van der Waals surface area contributed by atoms with Gasteiger partial charge in [-0.3, -0.25) is 14.4 Å². The first kappa shape index (κ1) is 55.4. The Labute approximate surface area is 355 Å². The molecule has 0 aromatic heterocycles. The van der Waals surface area contributed by atoms with Gasteiger partial charge in [0.05, 0.1) is 0 Å². The van der Waals surface area contributed by atoms with E-state index in [0.29, 0.717) is 19.3 Å². The summed E-state index contributed by atoms with van der Waals surface area (Å²) in [6.45, 7) is 13.7. The first-order valence-corrected chi connectivity index (χ1v) is 25.1. The summed E-state index contributed by atoms with van der Waals surface area (Å²) < 4.78 is 16.8. The van der Waals surface area contributed by atoms with E-state index in [2.05, 4.69) is 41.5 Å². The molecule has 0 heterocycles. The van der Waals surface area contributed by atoms with Crippen molar-refractivity contribution in [3.05, 3.63) is 0 Å².